The van der Waals surface area contributed by atoms with E-state index in [0.29, 0.717) is 22.8 Å². The Kier molecular flexibility index (Phi) is 6.90. The SMILES string of the molecule is Cc1nccn1Cc1ccc(NC(=O)C(NC(=O)c2ccccc2Cl)C(C)C)cc1. The molecule has 1 aromatic heterocycles. The number of amides is 2. The highest BCUT2D eigenvalue weighted by molar-refractivity contribution is 6.33. The van der Waals surface area contributed by atoms with Gasteiger partial charge in [0.2, 0.25) is 5.91 Å². The third kappa shape index (κ3) is 5.27. The normalized spacial score (nSPS) is 11.9. The summed E-state index contributed by atoms with van der Waals surface area (Å²) >= 11 is 6.10. The Morgan fingerprint density at radius 1 is 1.10 bits per heavy atom. The van der Waals surface area contributed by atoms with E-state index in [1.54, 1.807) is 30.5 Å². The highest BCUT2D eigenvalue weighted by Crippen LogP contribution is 2.17. The molecule has 0 aliphatic rings. The van der Waals surface area contributed by atoms with Crippen LogP contribution >= 0.6 is 11.6 Å². The number of hydrogen-bond acceptors (Lipinski definition) is 3. The molecule has 3 aromatic rings. The number of hydrogen-bond donors (Lipinski definition) is 2. The molecular formula is C23H25ClN4O2. The maximum Gasteiger partial charge on any atom is 0.253 e. The van der Waals surface area contributed by atoms with Crippen molar-refractivity contribution >= 4 is 29.1 Å². The van der Waals surface area contributed by atoms with Crippen molar-refractivity contribution in [2.24, 2.45) is 5.92 Å². The third-order valence-electron chi connectivity index (χ3n) is 4.85. The summed E-state index contributed by atoms with van der Waals surface area (Å²) in [5, 5.41) is 6.03. The van der Waals surface area contributed by atoms with Gasteiger partial charge in [0.25, 0.3) is 5.91 Å². The molecule has 0 spiro atoms. The van der Waals surface area contributed by atoms with Crippen LogP contribution in [0.5, 0.6) is 0 Å². The minimum Gasteiger partial charge on any atom is -0.340 e. The van der Waals surface area contributed by atoms with E-state index in [-0.39, 0.29) is 17.7 Å². The van der Waals surface area contributed by atoms with Crippen LogP contribution in [0.3, 0.4) is 0 Å². The van der Waals surface area contributed by atoms with Crippen LogP contribution in [0.15, 0.2) is 60.9 Å². The Labute approximate surface area is 181 Å². The van der Waals surface area contributed by atoms with Crippen molar-refractivity contribution in [3.63, 3.8) is 0 Å². The van der Waals surface area contributed by atoms with Crippen molar-refractivity contribution in [1.29, 1.82) is 0 Å². The van der Waals surface area contributed by atoms with E-state index in [0.717, 1.165) is 11.4 Å². The zero-order valence-corrected chi connectivity index (χ0v) is 18.0. The molecule has 1 heterocycles. The first-order valence-corrected chi connectivity index (χ1v) is 10.2. The van der Waals surface area contributed by atoms with Crippen LogP contribution in [0.25, 0.3) is 0 Å². The fourth-order valence-electron chi connectivity index (χ4n) is 3.08. The highest BCUT2D eigenvalue weighted by Gasteiger charge is 2.25. The Hall–Kier alpha value is -3.12. The summed E-state index contributed by atoms with van der Waals surface area (Å²) in [6, 6.07) is 13.7. The number of imidazole rings is 1. The van der Waals surface area contributed by atoms with Crippen molar-refractivity contribution in [3.8, 4) is 0 Å². The number of benzene rings is 2. The molecule has 3 rings (SSSR count). The van der Waals surface area contributed by atoms with Gasteiger partial charge in [-0.25, -0.2) is 4.98 Å². The molecule has 7 heteroatoms. The number of nitrogens with zero attached hydrogens (tertiary/aromatic N) is 2. The van der Waals surface area contributed by atoms with Crippen LogP contribution < -0.4 is 10.6 Å². The van der Waals surface area contributed by atoms with Gasteiger partial charge >= 0.3 is 0 Å². The molecule has 0 aliphatic heterocycles. The van der Waals surface area contributed by atoms with Crippen LogP contribution in [0.4, 0.5) is 5.69 Å². The fourth-order valence-corrected chi connectivity index (χ4v) is 3.30. The summed E-state index contributed by atoms with van der Waals surface area (Å²) in [4.78, 5) is 29.6. The second-order valence-corrected chi connectivity index (χ2v) is 7.87. The molecule has 0 aliphatic carbocycles. The maximum atomic E-state index is 12.8. The van der Waals surface area contributed by atoms with E-state index in [4.69, 9.17) is 11.6 Å². The summed E-state index contributed by atoms with van der Waals surface area (Å²) in [6.07, 6.45) is 3.70. The van der Waals surface area contributed by atoms with Crippen LogP contribution in [0.2, 0.25) is 5.02 Å². The summed E-state index contributed by atoms with van der Waals surface area (Å²) in [6.45, 7) is 6.43. The number of carbonyl (C=O) groups excluding carboxylic acids is 2. The van der Waals surface area contributed by atoms with E-state index >= 15 is 0 Å². The zero-order chi connectivity index (χ0) is 21.7. The summed E-state index contributed by atoms with van der Waals surface area (Å²) in [5.74, 6) is 0.199. The van der Waals surface area contributed by atoms with Crippen LogP contribution in [0, 0.1) is 12.8 Å². The smallest absolute Gasteiger partial charge is 0.253 e. The Balaban J connectivity index is 1.65. The van der Waals surface area contributed by atoms with Gasteiger partial charge in [-0.05, 0) is 42.7 Å². The molecular weight excluding hydrogens is 400 g/mol. The third-order valence-corrected chi connectivity index (χ3v) is 5.18. The summed E-state index contributed by atoms with van der Waals surface area (Å²) < 4.78 is 2.05. The first kappa shape index (κ1) is 21.6. The fraction of sp³-hybridized carbons (Fsp3) is 0.261. The van der Waals surface area contributed by atoms with Gasteiger partial charge < -0.3 is 15.2 Å². The Morgan fingerprint density at radius 2 is 1.80 bits per heavy atom. The topological polar surface area (TPSA) is 76.0 Å². The lowest BCUT2D eigenvalue weighted by Crippen LogP contribution is -2.47. The van der Waals surface area contributed by atoms with Crippen molar-refractivity contribution in [2.75, 3.05) is 5.32 Å². The van der Waals surface area contributed by atoms with Gasteiger partial charge in [0.1, 0.15) is 11.9 Å². The average Bonchev–Trinajstić information content (AvgIpc) is 3.12. The number of aromatic nitrogens is 2. The second kappa shape index (κ2) is 9.59. The summed E-state index contributed by atoms with van der Waals surface area (Å²) in [5.41, 5.74) is 2.11. The largest absolute Gasteiger partial charge is 0.340 e. The molecule has 156 valence electrons. The molecule has 6 nitrogen and oxygen atoms in total. The molecule has 1 unspecified atom stereocenters. The first-order valence-electron chi connectivity index (χ1n) is 9.78. The van der Waals surface area contributed by atoms with Crippen molar-refractivity contribution < 1.29 is 9.59 Å². The predicted molar refractivity (Wildman–Crippen MR) is 119 cm³/mol. The number of anilines is 1. The molecule has 0 radical (unpaired) electrons. The first-order chi connectivity index (χ1) is 14.3. The zero-order valence-electron chi connectivity index (χ0n) is 17.2. The van der Waals surface area contributed by atoms with E-state index in [1.165, 1.54) is 0 Å². The number of nitrogens with one attached hydrogen (secondary N) is 2. The van der Waals surface area contributed by atoms with Crippen molar-refractivity contribution in [2.45, 2.75) is 33.4 Å². The maximum absolute atomic E-state index is 12.8. The second-order valence-electron chi connectivity index (χ2n) is 7.46. The van der Waals surface area contributed by atoms with Crippen molar-refractivity contribution in [1.82, 2.24) is 14.9 Å². The number of rotatable bonds is 7. The number of carbonyl (C=O) groups is 2. The van der Waals surface area contributed by atoms with Gasteiger partial charge in [0.05, 0.1) is 10.6 Å². The van der Waals surface area contributed by atoms with Gasteiger partial charge in [-0.15, -0.1) is 0 Å². The lowest BCUT2D eigenvalue weighted by atomic mass is 10.0. The quantitative estimate of drug-likeness (QED) is 0.594. The van der Waals surface area contributed by atoms with Gasteiger partial charge in [-0.3, -0.25) is 9.59 Å². The van der Waals surface area contributed by atoms with E-state index < -0.39 is 6.04 Å². The van der Waals surface area contributed by atoms with Crippen LogP contribution in [-0.4, -0.2) is 27.4 Å². The van der Waals surface area contributed by atoms with Crippen LogP contribution in [0.1, 0.15) is 35.6 Å². The van der Waals surface area contributed by atoms with Gasteiger partial charge in [0, 0.05) is 24.6 Å². The molecule has 30 heavy (non-hydrogen) atoms. The standard InChI is InChI=1S/C23H25ClN4O2/c1-15(2)21(27-22(29)19-6-4-5-7-20(19)24)23(30)26-18-10-8-17(9-11-18)14-28-13-12-25-16(28)3/h4-13,15,21H,14H2,1-3H3,(H,26,30)(H,27,29). The molecule has 1 atom stereocenters. The molecule has 2 amide bonds. The van der Waals surface area contributed by atoms with Gasteiger partial charge in [0.15, 0.2) is 0 Å². The molecule has 0 saturated carbocycles. The molecule has 2 N–H and O–H groups in total. The average molecular weight is 425 g/mol. The molecule has 2 aromatic carbocycles. The van der Waals surface area contributed by atoms with Gasteiger partial charge in [-0.1, -0.05) is 49.7 Å². The van der Waals surface area contributed by atoms with E-state index in [2.05, 4.69) is 15.6 Å². The minimum absolute atomic E-state index is 0.0973. The molecule has 0 bridgehead atoms. The highest BCUT2D eigenvalue weighted by atomic mass is 35.5. The molecule has 0 saturated heterocycles. The minimum atomic E-state index is -0.693. The predicted octanol–water partition coefficient (Wildman–Crippen LogP) is 4.29. The number of halogens is 1. The molecule has 0 fully saturated rings. The lowest BCUT2D eigenvalue weighted by molar-refractivity contribution is -0.118. The van der Waals surface area contributed by atoms with Gasteiger partial charge in [-0.2, -0.15) is 0 Å². The Bertz CT molecular complexity index is 1030. The monoisotopic (exact) mass is 424 g/mol. The van der Waals surface area contributed by atoms with E-state index in [9.17, 15) is 9.59 Å². The lowest BCUT2D eigenvalue weighted by Gasteiger charge is -2.22. The van der Waals surface area contributed by atoms with Crippen LogP contribution in [-0.2, 0) is 11.3 Å². The number of aryl methyl sites for hydroxylation is 1. The van der Waals surface area contributed by atoms with E-state index in [1.807, 2.05) is 55.8 Å². The Morgan fingerprint density at radius 3 is 2.40 bits per heavy atom. The summed E-state index contributed by atoms with van der Waals surface area (Å²) in [7, 11) is 0. The van der Waals surface area contributed by atoms with Crippen molar-refractivity contribution in [3.05, 3.63) is 82.9 Å².